The van der Waals surface area contributed by atoms with E-state index in [-0.39, 0.29) is 12.3 Å². The quantitative estimate of drug-likeness (QED) is 0.767. The van der Waals surface area contributed by atoms with Crippen LogP contribution >= 0.6 is 0 Å². The normalized spacial score (nSPS) is 11.6. The van der Waals surface area contributed by atoms with Gasteiger partial charge in [-0.25, -0.2) is 0 Å². The maximum Gasteiger partial charge on any atom is 0.305 e. The van der Waals surface area contributed by atoms with E-state index in [1.54, 1.807) is 36.4 Å². The van der Waals surface area contributed by atoms with E-state index in [0.29, 0.717) is 12.2 Å². The lowest BCUT2D eigenvalue weighted by Crippen LogP contribution is -2.30. The predicted octanol–water partition coefficient (Wildman–Crippen LogP) is 3.73. The Morgan fingerprint density at radius 2 is 1.72 bits per heavy atom. The lowest BCUT2D eigenvalue weighted by molar-refractivity contribution is -0.137. The molecule has 2 aromatic carbocycles. The van der Waals surface area contributed by atoms with Crippen molar-refractivity contribution in [2.75, 3.05) is 6.61 Å². The highest BCUT2D eigenvalue weighted by Crippen LogP contribution is 2.21. The van der Waals surface area contributed by atoms with Gasteiger partial charge in [-0.05, 0) is 43.2 Å². The molecule has 2 N–H and O–H groups in total. The second kappa shape index (κ2) is 8.87. The van der Waals surface area contributed by atoms with Gasteiger partial charge in [-0.3, -0.25) is 9.59 Å². The van der Waals surface area contributed by atoms with Crippen LogP contribution in [0.3, 0.4) is 0 Å². The Bertz CT molecular complexity index is 707. The van der Waals surface area contributed by atoms with Crippen molar-refractivity contribution in [1.82, 2.24) is 5.32 Å². The van der Waals surface area contributed by atoms with Gasteiger partial charge in [-0.15, -0.1) is 0 Å². The van der Waals surface area contributed by atoms with Gasteiger partial charge in [0.05, 0.1) is 19.1 Å². The van der Waals surface area contributed by atoms with Crippen LogP contribution in [0, 0.1) is 6.92 Å². The molecule has 2 rings (SSSR count). The number of benzene rings is 2. The first-order chi connectivity index (χ1) is 12.0. The number of hydrogen-bond acceptors (Lipinski definition) is 3. The van der Waals surface area contributed by atoms with Crippen LogP contribution in [0.4, 0.5) is 0 Å². The second-order valence-corrected chi connectivity index (χ2v) is 5.91. The molecule has 0 saturated heterocycles. The van der Waals surface area contributed by atoms with E-state index in [1.165, 1.54) is 0 Å². The van der Waals surface area contributed by atoms with Crippen LogP contribution in [-0.4, -0.2) is 23.6 Å². The first kappa shape index (κ1) is 18.5. The van der Waals surface area contributed by atoms with Crippen LogP contribution in [0.5, 0.6) is 5.75 Å². The van der Waals surface area contributed by atoms with Crippen molar-refractivity contribution in [2.45, 2.75) is 32.7 Å². The average Bonchev–Trinajstić information content (AvgIpc) is 2.60. The molecule has 0 unspecified atom stereocenters. The zero-order valence-corrected chi connectivity index (χ0v) is 14.5. The minimum atomic E-state index is -0.972. The van der Waals surface area contributed by atoms with Gasteiger partial charge >= 0.3 is 5.97 Å². The van der Waals surface area contributed by atoms with Crippen molar-refractivity contribution in [1.29, 1.82) is 0 Å². The Labute approximate surface area is 147 Å². The fraction of sp³-hybridized carbons (Fsp3) is 0.300. The van der Waals surface area contributed by atoms with Gasteiger partial charge in [0, 0.05) is 5.56 Å². The standard InChI is InChI=1S/C20H23NO4/c1-3-12-25-17-10-8-15(9-11-17)18(13-19(22)23)21-20(24)16-6-4-14(2)5-7-16/h4-11,18H,3,12-13H2,1-2H3,(H,21,24)(H,22,23)/t18-/m0/s1. The molecule has 0 heterocycles. The lowest BCUT2D eigenvalue weighted by atomic mass is 10.0. The van der Waals surface area contributed by atoms with E-state index in [4.69, 9.17) is 9.84 Å². The monoisotopic (exact) mass is 341 g/mol. The average molecular weight is 341 g/mol. The van der Waals surface area contributed by atoms with Crippen LogP contribution in [0.2, 0.25) is 0 Å². The molecule has 0 fully saturated rings. The van der Waals surface area contributed by atoms with Crippen LogP contribution in [0.15, 0.2) is 48.5 Å². The molecule has 0 radical (unpaired) electrons. The Morgan fingerprint density at radius 3 is 2.28 bits per heavy atom. The van der Waals surface area contributed by atoms with E-state index in [9.17, 15) is 9.59 Å². The fourth-order valence-corrected chi connectivity index (χ4v) is 2.39. The molecule has 0 bridgehead atoms. The number of carbonyl (C=O) groups is 2. The molecule has 0 spiro atoms. The highest BCUT2D eigenvalue weighted by Gasteiger charge is 2.19. The van der Waals surface area contributed by atoms with Crippen molar-refractivity contribution in [2.24, 2.45) is 0 Å². The number of carboxylic acid groups (broad SMARTS) is 1. The van der Waals surface area contributed by atoms with E-state index in [2.05, 4.69) is 5.32 Å². The molecular formula is C20H23NO4. The number of amides is 1. The molecule has 1 amide bonds. The van der Waals surface area contributed by atoms with Gasteiger partial charge in [0.2, 0.25) is 0 Å². The Morgan fingerprint density at radius 1 is 1.08 bits per heavy atom. The van der Waals surface area contributed by atoms with E-state index >= 15 is 0 Å². The fourth-order valence-electron chi connectivity index (χ4n) is 2.39. The maximum atomic E-state index is 12.4. The molecule has 0 aliphatic rings. The predicted molar refractivity (Wildman–Crippen MR) is 95.9 cm³/mol. The van der Waals surface area contributed by atoms with Crippen molar-refractivity contribution in [3.05, 3.63) is 65.2 Å². The first-order valence-electron chi connectivity index (χ1n) is 8.31. The summed E-state index contributed by atoms with van der Waals surface area (Å²) in [6.07, 6.45) is 0.725. The number of rotatable bonds is 8. The second-order valence-electron chi connectivity index (χ2n) is 5.91. The molecule has 1 atom stereocenters. The number of aryl methyl sites for hydroxylation is 1. The summed E-state index contributed by atoms with van der Waals surface area (Å²) in [6, 6.07) is 13.7. The molecule has 0 aliphatic carbocycles. The molecule has 0 aromatic heterocycles. The lowest BCUT2D eigenvalue weighted by Gasteiger charge is -2.18. The van der Waals surface area contributed by atoms with Crippen LogP contribution < -0.4 is 10.1 Å². The number of carboxylic acids is 1. The van der Waals surface area contributed by atoms with Crippen molar-refractivity contribution >= 4 is 11.9 Å². The van der Waals surface area contributed by atoms with Gasteiger partial charge in [0.15, 0.2) is 0 Å². The number of carbonyl (C=O) groups excluding carboxylic acids is 1. The van der Waals surface area contributed by atoms with Gasteiger partial charge in [0.25, 0.3) is 5.91 Å². The van der Waals surface area contributed by atoms with Crippen molar-refractivity contribution in [3.63, 3.8) is 0 Å². The van der Waals surface area contributed by atoms with Crippen molar-refractivity contribution < 1.29 is 19.4 Å². The molecule has 132 valence electrons. The smallest absolute Gasteiger partial charge is 0.305 e. The number of aliphatic carboxylic acids is 1. The van der Waals surface area contributed by atoms with Gasteiger partial charge in [-0.1, -0.05) is 36.8 Å². The first-order valence-corrected chi connectivity index (χ1v) is 8.31. The van der Waals surface area contributed by atoms with E-state index in [1.807, 2.05) is 26.0 Å². The molecule has 0 aliphatic heterocycles. The Kier molecular flexibility index (Phi) is 6.57. The molecule has 2 aromatic rings. The zero-order chi connectivity index (χ0) is 18.2. The Balaban J connectivity index is 2.13. The van der Waals surface area contributed by atoms with Crippen LogP contribution in [0.1, 0.15) is 47.3 Å². The minimum absolute atomic E-state index is 0.188. The summed E-state index contributed by atoms with van der Waals surface area (Å²) in [4.78, 5) is 23.6. The van der Waals surface area contributed by atoms with Crippen LogP contribution in [0.25, 0.3) is 0 Å². The SMILES string of the molecule is CCCOc1ccc([C@H](CC(=O)O)NC(=O)c2ccc(C)cc2)cc1. The van der Waals surface area contributed by atoms with E-state index in [0.717, 1.165) is 23.3 Å². The third-order valence-electron chi connectivity index (χ3n) is 3.75. The summed E-state index contributed by atoms with van der Waals surface area (Å²) in [5.41, 5.74) is 2.29. The number of hydrogen-bond donors (Lipinski definition) is 2. The Hall–Kier alpha value is -2.82. The van der Waals surface area contributed by atoms with Gasteiger partial charge in [0.1, 0.15) is 5.75 Å². The summed E-state index contributed by atoms with van der Waals surface area (Å²) in [5.74, 6) is -0.539. The molecule has 5 heteroatoms. The highest BCUT2D eigenvalue weighted by atomic mass is 16.5. The topological polar surface area (TPSA) is 75.6 Å². The summed E-state index contributed by atoms with van der Waals surface area (Å²) in [5, 5.41) is 12.0. The highest BCUT2D eigenvalue weighted by molar-refractivity contribution is 5.94. The molecular weight excluding hydrogens is 318 g/mol. The minimum Gasteiger partial charge on any atom is -0.494 e. The third-order valence-corrected chi connectivity index (χ3v) is 3.75. The largest absolute Gasteiger partial charge is 0.494 e. The van der Waals surface area contributed by atoms with Gasteiger partial charge in [-0.2, -0.15) is 0 Å². The van der Waals surface area contributed by atoms with E-state index < -0.39 is 12.0 Å². The molecule has 25 heavy (non-hydrogen) atoms. The number of ether oxygens (including phenoxy) is 1. The summed E-state index contributed by atoms with van der Waals surface area (Å²) < 4.78 is 5.53. The summed E-state index contributed by atoms with van der Waals surface area (Å²) in [7, 11) is 0. The zero-order valence-electron chi connectivity index (χ0n) is 14.5. The third kappa shape index (κ3) is 5.64. The molecule has 5 nitrogen and oxygen atoms in total. The van der Waals surface area contributed by atoms with Crippen molar-refractivity contribution in [3.8, 4) is 5.75 Å². The summed E-state index contributed by atoms with van der Waals surface area (Å²) in [6.45, 7) is 4.59. The van der Waals surface area contributed by atoms with Crippen LogP contribution in [-0.2, 0) is 4.79 Å². The number of nitrogens with one attached hydrogen (secondary N) is 1. The maximum absolute atomic E-state index is 12.4. The molecule has 0 saturated carbocycles. The summed E-state index contributed by atoms with van der Waals surface area (Å²) >= 11 is 0. The van der Waals surface area contributed by atoms with Gasteiger partial charge < -0.3 is 15.2 Å².